The van der Waals surface area contributed by atoms with E-state index in [1.807, 2.05) is 13.0 Å². The molecule has 1 aliphatic carbocycles. The molecule has 0 aromatic heterocycles. The zero-order chi connectivity index (χ0) is 17.8. The Balaban J connectivity index is 1.84. The third-order valence-electron chi connectivity index (χ3n) is 4.46. The number of amides is 1. The minimum absolute atomic E-state index is 0.0498. The molecule has 0 radical (unpaired) electrons. The number of carbonyl (C=O) groups excluding carboxylic acids is 1. The lowest BCUT2D eigenvalue weighted by atomic mass is 9.87. The highest BCUT2D eigenvalue weighted by atomic mass is 79.9. The SMILES string of the molecule is CCOc1c(Br)cc(C(=O)N[C@@H]2CCCc3ccccc32)cc1OC. The van der Waals surface area contributed by atoms with Gasteiger partial charge < -0.3 is 14.8 Å². The molecule has 3 rings (SSSR count). The highest BCUT2D eigenvalue weighted by Gasteiger charge is 2.23. The summed E-state index contributed by atoms with van der Waals surface area (Å²) in [5.74, 6) is 1.05. The topological polar surface area (TPSA) is 47.6 Å². The zero-order valence-corrected chi connectivity index (χ0v) is 16.1. The molecule has 0 saturated heterocycles. The van der Waals surface area contributed by atoms with Crippen LogP contribution >= 0.6 is 15.9 Å². The fraction of sp³-hybridized carbons (Fsp3) is 0.350. The van der Waals surface area contributed by atoms with Crippen molar-refractivity contribution in [2.24, 2.45) is 0 Å². The average molecular weight is 404 g/mol. The van der Waals surface area contributed by atoms with Crippen molar-refractivity contribution >= 4 is 21.8 Å². The summed E-state index contributed by atoms with van der Waals surface area (Å²) in [5.41, 5.74) is 3.10. The number of hydrogen-bond acceptors (Lipinski definition) is 3. The van der Waals surface area contributed by atoms with Crippen LogP contribution in [-0.2, 0) is 6.42 Å². The number of aryl methyl sites for hydroxylation is 1. The van der Waals surface area contributed by atoms with E-state index >= 15 is 0 Å². The first-order chi connectivity index (χ1) is 12.1. The molecular formula is C20H22BrNO3. The number of fused-ring (bicyclic) bond motifs is 1. The van der Waals surface area contributed by atoms with Gasteiger partial charge in [-0.05, 0) is 65.4 Å². The van der Waals surface area contributed by atoms with Crippen molar-refractivity contribution in [3.63, 3.8) is 0 Å². The summed E-state index contributed by atoms with van der Waals surface area (Å²) in [6, 6.07) is 11.9. The number of carbonyl (C=O) groups is 1. The van der Waals surface area contributed by atoms with E-state index in [4.69, 9.17) is 9.47 Å². The van der Waals surface area contributed by atoms with E-state index in [2.05, 4.69) is 39.4 Å². The van der Waals surface area contributed by atoms with Gasteiger partial charge in [0.25, 0.3) is 5.91 Å². The van der Waals surface area contributed by atoms with Crippen LogP contribution in [0.4, 0.5) is 0 Å². The molecule has 1 atom stereocenters. The smallest absolute Gasteiger partial charge is 0.251 e. The van der Waals surface area contributed by atoms with Gasteiger partial charge in [0.2, 0.25) is 0 Å². The fourth-order valence-corrected chi connectivity index (χ4v) is 3.84. The van der Waals surface area contributed by atoms with Gasteiger partial charge in [-0.25, -0.2) is 0 Å². The van der Waals surface area contributed by atoms with Crippen LogP contribution in [-0.4, -0.2) is 19.6 Å². The number of halogens is 1. The monoisotopic (exact) mass is 403 g/mol. The first kappa shape index (κ1) is 17.8. The molecular weight excluding hydrogens is 382 g/mol. The molecule has 0 fully saturated rings. The molecule has 0 unspecified atom stereocenters. The molecule has 0 spiro atoms. The lowest BCUT2D eigenvalue weighted by Crippen LogP contribution is -2.31. The van der Waals surface area contributed by atoms with E-state index in [-0.39, 0.29) is 11.9 Å². The first-order valence-electron chi connectivity index (χ1n) is 8.53. The first-order valence-corrected chi connectivity index (χ1v) is 9.32. The van der Waals surface area contributed by atoms with Crippen molar-refractivity contribution in [1.82, 2.24) is 5.32 Å². The Bertz CT molecular complexity index is 776. The van der Waals surface area contributed by atoms with Gasteiger partial charge in [-0.15, -0.1) is 0 Å². The summed E-state index contributed by atoms with van der Waals surface area (Å²) >= 11 is 3.47. The van der Waals surface area contributed by atoms with Crippen LogP contribution in [0.2, 0.25) is 0 Å². The van der Waals surface area contributed by atoms with E-state index in [9.17, 15) is 4.79 Å². The van der Waals surface area contributed by atoms with Crippen LogP contribution in [0, 0.1) is 0 Å². The highest BCUT2D eigenvalue weighted by Crippen LogP contribution is 2.37. The van der Waals surface area contributed by atoms with Gasteiger partial charge in [0.1, 0.15) is 0 Å². The third-order valence-corrected chi connectivity index (χ3v) is 5.04. The largest absolute Gasteiger partial charge is 0.493 e. The Kier molecular flexibility index (Phi) is 5.63. The summed E-state index contributed by atoms with van der Waals surface area (Å²) in [4.78, 5) is 12.8. The van der Waals surface area contributed by atoms with Gasteiger partial charge >= 0.3 is 0 Å². The number of ether oxygens (including phenoxy) is 2. The molecule has 0 bridgehead atoms. The van der Waals surface area contributed by atoms with E-state index in [0.29, 0.717) is 28.1 Å². The third kappa shape index (κ3) is 3.82. The van der Waals surface area contributed by atoms with E-state index < -0.39 is 0 Å². The molecule has 5 heteroatoms. The van der Waals surface area contributed by atoms with Crippen molar-refractivity contribution in [2.75, 3.05) is 13.7 Å². The molecule has 1 N–H and O–H groups in total. The number of rotatable bonds is 5. The van der Waals surface area contributed by atoms with Gasteiger partial charge in [-0.1, -0.05) is 24.3 Å². The molecule has 132 valence electrons. The number of benzene rings is 2. The lowest BCUT2D eigenvalue weighted by molar-refractivity contribution is 0.0932. The van der Waals surface area contributed by atoms with E-state index in [1.54, 1.807) is 19.2 Å². The van der Waals surface area contributed by atoms with Crippen LogP contribution in [0.15, 0.2) is 40.9 Å². The Hall–Kier alpha value is -2.01. The van der Waals surface area contributed by atoms with Gasteiger partial charge in [-0.2, -0.15) is 0 Å². The molecule has 0 heterocycles. The molecule has 4 nitrogen and oxygen atoms in total. The minimum Gasteiger partial charge on any atom is -0.493 e. The van der Waals surface area contributed by atoms with Crippen LogP contribution in [0.25, 0.3) is 0 Å². The van der Waals surface area contributed by atoms with Crippen molar-refractivity contribution in [3.05, 3.63) is 57.6 Å². The summed E-state index contributed by atoms with van der Waals surface area (Å²) in [5, 5.41) is 3.17. The number of nitrogens with one attached hydrogen (secondary N) is 1. The second-order valence-corrected chi connectivity index (χ2v) is 6.89. The summed E-state index contributed by atoms with van der Waals surface area (Å²) < 4.78 is 11.7. The predicted molar refractivity (Wildman–Crippen MR) is 101 cm³/mol. The van der Waals surface area contributed by atoms with Crippen molar-refractivity contribution < 1.29 is 14.3 Å². The van der Waals surface area contributed by atoms with Gasteiger partial charge in [0.15, 0.2) is 11.5 Å². The molecule has 2 aromatic carbocycles. The maximum atomic E-state index is 12.8. The summed E-state index contributed by atoms with van der Waals surface area (Å²) in [7, 11) is 1.57. The molecule has 25 heavy (non-hydrogen) atoms. The average Bonchev–Trinajstić information content (AvgIpc) is 2.63. The maximum absolute atomic E-state index is 12.8. The van der Waals surface area contributed by atoms with Crippen molar-refractivity contribution in [3.8, 4) is 11.5 Å². The van der Waals surface area contributed by atoms with Crippen molar-refractivity contribution in [2.45, 2.75) is 32.2 Å². The van der Waals surface area contributed by atoms with Crippen molar-refractivity contribution in [1.29, 1.82) is 0 Å². The quantitative estimate of drug-likeness (QED) is 0.789. The highest BCUT2D eigenvalue weighted by molar-refractivity contribution is 9.10. The Morgan fingerprint density at radius 2 is 2.12 bits per heavy atom. The maximum Gasteiger partial charge on any atom is 0.251 e. The Morgan fingerprint density at radius 3 is 2.88 bits per heavy atom. The summed E-state index contributed by atoms with van der Waals surface area (Å²) in [6.07, 6.45) is 3.11. The normalized spacial score (nSPS) is 16.0. The second kappa shape index (κ2) is 7.91. The van der Waals surface area contributed by atoms with E-state index in [0.717, 1.165) is 19.3 Å². The van der Waals surface area contributed by atoms with Gasteiger partial charge in [0, 0.05) is 5.56 Å². The van der Waals surface area contributed by atoms with Crippen LogP contribution < -0.4 is 14.8 Å². The van der Waals surface area contributed by atoms with Crippen LogP contribution in [0.5, 0.6) is 11.5 Å². The molecule has 1 amide bonds. The molecule has 0 saturated carbocycles. The Labute approximate surface area is 156 Å². The second-order valence-electron chi connectivity index (χ2n) is 6.04. The predicted octanol–water partition coefficient (Wildman–Crippen LogP) is 4.66. The lowest BCUT2D eigenvalue weighted by Gasteiger charge is -2.26. The zero-order valence-electron chi connectivity index (χ0n) is 14.5. The van der Waals surface area contributed by atoms with Crippen LogP contribution in [0.3, 0.4) is 0 Å². The Morgan fingerprint density at radius 1 is 1.32 bits per heavy atom. The molecule has 1 aliphatic rings. The van der Waals surface area contributed by atoms with Crippen LogP contribution in [0.1, 0.15) is 47.3 Å². The number of methoxy groups -OCH3 is 1. The fourth-order valence-electron chi connectivity index (χ4n) is 3.28. The van der Waals surface area contributed by atoms with Gasteiger partial charge in [-0.3, -0.25) is 4.79 Å². The summed E-state index contributed by atoms with van der Waals surface area (Å²) in [6.45, 7) is 2.44. The molecule has 2 aromatic rings. The van der Waals surface area contributed by atoms with Gasteiger partial charge in [0.05, 0.1) is 24.2 Å². The number of hydrogen-bond donors (Lipinski definition) is 1. The standard InChI is InChI=1S/C20H22BrNO3/c1-3-25-19-16(21)11-14(12-18(19)24-2)20(23)22-17-10-6-8-13-7-4-5-9-15(13)17/h4-5,7,9,11-12,17H,3,6,8,10H2,1-2H3,(H,22,23)/t17-/m1/s1. The minimum atomic E-state index is -0.108. The molecule has 0 aliphatic heterocycles. The van der Waals surface area contributed by atoms with E-state index in [1.165, 1.54) is 11.1 Å².